The Balaban J connectivity index is 1.74. The summed E-state index contributed by atoms with van der Waals surface area (Å²) in [5, 5.41) is 3.17. The van der Waals surface area contributed by atoms with Gasteiger partial charge >= 0.3 is 0 Å². The predicted octanol–water partition coefficient (Wildman–Crippen LogP) is 0.193. The van der Waals surface area contributed by atoms with Crippen LogP contribution in [0.3, 0.4) is 0 Å². The van der Waals surface area contributed by atoms with Gasteiger partial charge in [-0.2, -0.15) is 9.37 Å². The Hall–Kier alpha value is -1.47. The standard InChI is InChI=1S/C12H17FN4O2/c13-10-8-15-12(17-3-5-18-6-4-17)16-11(10)19-9-1-2-14-7-9/h8-9,14H,1-7H2. The SMILES string of the molecule is Fc1cnc(N2CCOCC2)nc1OC1CCNC1. The fraction of sp³-hybridized carbons (Fsp3) is 0.667. The van der Waals surface area contributed by atoms with Gasteiger partial charge in [-0.05, 0) is 13.0 Å². The molecule has 2 aliphatic rings. The van der Waals surface area contributed by atoms with E-state index in [1.165, 1.54) is 6.20 Å². The van der Waals surface area contributed by atoms with E-state index >= 15 is 0 Å². The molecule has 3 heterocycles. The predicted molar refractivity (Wildman–Crippen MR) is 66.9 cm³/mol. The Kier molecular flexibility index (Phi) is 3.74. The van der Waals surface area contributed by atoms with Crippen molar-refractivity contribution in [2.24, 2.45) is 0 Å². The molecule has 0 spiro atoms. The van der Waals surface area contributed by atoms with Gasteiger partial charge < -0.3 is 19.7 Å². The summed E-state index contributed by atoms with van der Waals surface area (Å²) in [6.45, 7) is 4.35. The van der Waals surface area contributed by atoms with E-state index in [0.29, 0.717) is 19.2 Å². The Morgan fingerprint density at radius 3 is 3.00 bits per heavy atom. The first-order valence-electron chi connectivity index (χ1n) is 6.55. The fourth-order valence-electron chi connectivity index (χ4n) is 2.23. The number of hydrogen-bond acceptors (Lipinski definition) is 6. The maximum absolute atomic E-state index is 13.7. The Bertz CT molecular complexity index is 434. The van der Waals surface area contributed by atoms with Crippen molar-refractivity contribution in [1.29, 1.82) is 0 Å². The van der Waals surface area contributed by atoms with Gasteiger partial charge in [-0.25, -0.2) is 4.98 Å². The monoisotopic (exact) mass is 268 g/mol. The minimum absolute atomic E-state index is 0.0121. The Morgan fingerprint density at radius 1 is 1.42 bits per heavy atom. The van der Waals surface area contributed by atoms with Gasteiger partial charge in [0.25, 0.3) is 5.88 Å². The molecule has 3 rings (SSSR count). The zero-order chi connectivity index (χ0) is 13.1. The van der Waals surface area contributed by atoms with Crippen molar-refractivity contribution in [1.82, 2.24) is 15.3 Å². The quantitative estimate of drug-likeness (QED) is 0.844. The van der Waals surface area contributed by atoms with Crippen molar-refractivity contribution in [3.8, 4) is 5.88 Å². The number of hydrogen-bond donors (Lipinski definition) is 1. The smallest absolute Gasteiger partial charge is 0.255 e. The van der Waals surface area contributed by atoms with Crippen LogP contribution in [0.25, 0.3) is 0 Å². The average molecular weight is 268 g/mol. The third-order valence-electron chi connectivity index (χ3n) is 3.29. The molecule has 1 aromatic rings. The van der Waals surface area contributed by atoms with Gasteiger partial charge in [-0.1, -0.05) is 0 Å². The molecule has 1 unspecified atom stereocenters. The zero-order valence-electron chi connectivity index (χ0n) is 10.6. The van der Waals surface area contributed by atoms with Crippen LogP contribution in [0.15, 0.2) is 6.20 Å². The average Bonchev–Trinajstić information content (AvgIpc) is 2.95. The molecular formula is C12H17FN4O2. The number of halogens is 1. The molecule has 0 aliphatic carbocycles. The number of aromatic nitrogens is 2. The van der Waals surface area contributed by atoms with Crippen molar-refractivity contribution < 1.29 is 13.9 Å². The van der Waals surface area contributed by atoms with Crippen molar-refractivity contribution in [3.63, 3.8) is 0 Å². The number of morpholine rings is 1. The van der Waals surface area contributed by atoms with E-state index in [4.69, 9.17) is 9.47 Å². The van der Waals surface area contributed by atoms with Gasteiger partial charge in [0.2, 0.25) is 11.8 Å². The molecule has 2 fully saturated rings. The van der Waals surface area contributed by atoms with Crippen LogP contribution in [-0.2, 0) is 4.74 Å². The minimum Gasteiger partial charge on any atom is -0.471 e. The van der Waals surface area contributed by atoms with Crippen LogP contribution in [0.1, 0.15) is 6.42 Å². The largest absolute Gasteiger partial charge is 0.471 e. The van der Waals surface area contributed by atoms with E-state index in [0.717, 1.165) is 32.6 Å². The molecule has 1 aromatic heterocycles. The zero-order valence-corrected chi connectivity index (χ0v) is 10.6. The molecule has 0 amide bonds. The first kappa shape index (κ1) is 12.6. The molecule has 2 aliphatic heterocycles. The number of rotatable bonds is 3. The van der Waals surface area contributed by atoms with Crippen LogP contribution in [-0.4, -0.2) is 55.5 Å². The van der Waals surface area contributed by atoms with Gasteiger partial charge in [-0.15, -0.1) is 0 Å². The molecule has 1 atom stereocenters. The maximum Gasteiger partial charge on any atom is 0.255 e. The Morgan fingerprint density at radius 2 is 2.26 bits per heavy atom. The summed E-state index contributed by atoms with van der Waals surface area (Å²) in [6, 6.07) is 0. The highest BCUT2D eigenvalue weighted by molar-refractivity contribution is 5.33. The summed E-state index contributed by atoms with van der Waals surface area (Å²) in [6.07, 6.45) is 2.04. The molecule has 6 nitrogen and oxygen atoms in total. The topological polar surface area (TPSA) is 59.5 Å². The highest BCUT2D eigenvalue weighted by atomic mass is 19.1. The summed E-state index contributed by atoms with van der Waals surface area (Å²) in [5.74, 6) is 0.0414. The third kappa shape index (κ3) is 2.93. The Labute approximate surface area is 110 Å². The first-order valence-corrected chi connectivity index (χ1v) is 6.55. The molecule has 104 valence electrons. The number of ether oxygens (including phenoxy) is 2. The van der Waals surface area contributed by atoms with Crippen molar-refractivity contribution in [3.05, 3.63) is 12.0 Å². The number of anilines is 1. The number of nitrogens with zero attached hydrogens (tertiary/aromatic N) is 3. The van der Waals surface area contributed by atoms with Crippen molar-refractivity contribution in [2.75, 3.05) is 44.3 Å². The second kappa shape index (κ2) is 5.66. The summed E-state index contributed by atoms with van der Waals surface area (Å²) in [7, 11) is 0. The summed E-state index contributed by atoms with van der Waals surface area (Å²) in [5.41, 5.74) is 0. The normalized spacial score (nSPS) is 23.6. The second-order valence-electron chi connectivity index (χ2n) is 4.66. The van der Waals surface area contributed by atoms with Gasteiger partial charge in [0.1, 0.15) is 6.10 Å². The highest BCUT2D eigenvalue weighted by Gasteiger charge is 2.21. The number of nitrogens with one attached hydrogen (secondary N) is 1. The third-order valence-corrected chi connectivity index (χ3v) is 3.29. The van der Waals surface area contributed by atoms with E-state index in [1.807, 2.05) is 4.90 Å². The lowest BCUT2D eigenvalue weighted by Crippen LogP contribution is -2.37. The molecule has 19 heavy (non-hydrogen) atoms. The van der Waals surface area contributed by atoms with E-state index in [9.17, 15) is 4.39 Å². The molecule has 2 saturated heterocycles. The lowest BCUT2D eigenvalue weighted by atomic mass is 10.3. The lowest BCUT2D eigenvalue weighted by molar-refractivity contribution is 0.121. The molecule has 0 aromatic carbocycles. The summed E-state index contributed by atoms with van der Waals surface area (Å²) in [4.78, 5) is 10.2. The van der Waals surface area contributed by atoms with Gasteiger partial charge in [0.05, 0.1) is 19.4 Å². The van der Waals surface area contributed by atoms with E-state index in [-0.39, 0.29) is 12.0 Å². The lowest BCUT2D eigenvalue weighted by Gasteiger charge is -2.27. The molecular weight excluding hydrogens is 251 g/mol. The second-order valence-corrected chi connectivity index (χ2v) is 4.66. The van der Waals surface area contributed by atoms with Gasteiger partial charge in [0.15, 0.2) is 0 Å². The van der Waals surface area contributed by atoms with Crippen LogP contribution >= 0.6 is 0 Å². The van der Waals surface area contributed by atoms with Gasteiger partial charge in [0, 0.05) is 19.6 Å². The molecule has 0 radical (unpaired) electrons. The molecule has 7 heteroatoms. The van der Waals surface area contributed by atoms with E-state index in [1.54, 1.807) is 0 Å². The van der Waals surface area contributed by atoms with Crippen LogP contribution in [0.4, 0.5) is 10.3 Å². The highest BCUT2D eigenvalue weighted by Crippen LogP contribution is 2.20. The van der Waals surface area contributed by atoms with E-state index < -0.39 is 5.82 Å². The molecule has 0 saturated carbocycles. The van der Waals surface area contributed by atoms with Crippen molar-refractivity contribution in [2.45, 2.75) is 12.5 Å². The van der Waals surface area contributed by atoms with E-state index in [2.05, 4.69) is 15.3 Å². The van der Waals surface area contributed by atoms with Crippen LogP contribution in [0.2, 0.25) is 0 Å². The first-order chi connectivity index (χ1) is 9.33. The fourth-order valence-corrected chi connectivity index (χ4v) is 2.23. The molecule has 1 N–H and O–H groups in total. The summed E-state index contributed by atoms with van der Waals surface area (Å²) >= 11 is 0. The van der Waals surface area contributed by atoms with Crippen LogP contribution in [0, 0.1) is 5.82 Å². The van der Waals surface area contributed by atoms with Crippen LogP contribution < -0.4 is 15.0 Å². The maximum atomic E-state index is 13.7. The van der Waals surface area contributed by atoms with Gasteiger partial charge in [-0.3, -0.25) is 0 Å². The van der Waals surface area contributed by atoms with Crippen LogP contribution in [0.5, 0.6) is 5.88 Å². The van der Waals surface area contributed by atoms with Crippen molar-refractivity contribution >= 4 is 5.95 Å². The minimum atomic E-state index is -0.510. The molecule has 0 bridgehead atoms. The summed E-state index contributed by atoms with van der Waals surface area (Å²) < 4.78 is 24.5.